The van der Waals surface area contributed by atoms with Gasteiger partial charge in [0, 0.05) is 6.07 Å². The molecular formula is C6H5NOS. The predicted octanol–water partition coefficient (Wildman–Crippen LogP) is 1.93. The molecule has 0 aromatic carbocycles. The third-order valence-electron chi connectivity index (χ3n) is 1.23. The van der Waals surface area contributed by atoms with Crippen LogP contribution in [0.2, 0.25) is 0 Å². The minimum Gasteiger partial charge on any atom is -0.495 e. The first-order valence-electron chi connectivity index (χ1n) is 2.61. The summed E-state index contributed by atoms with van der Waals surface area (Å²) in [7, 11) is 0. The van der Waals surface area contributed by atoms with Crippen LogP contribution in [0.25, 0.3) is 10.2 Å². The summed E-state index contributed by atoms with van der Waals surface area (Å²) < 4.78 is 1.10. The zero-order valence-electron chi connectivity index (χ0n) is 4.59. The van der Waals surface area contributed by atoms with Gasteiger partial charge >= 0.3 is 0 Å². The van der Waals surface area contributed by atoms with Crippen LogP contribution in [0.4, 0.5) is 0 Å². The third kappa shape index (κ3) is 0.616. The third-order valence-corrected chi connectivity index (χ3v) is 2.09. The number of nitrogens with one attached hydrogen (secondary N) is 1. The quantitative estimate of drug-likeness (QED) is 0.574. The molecule has 2 rings (SSSR count). The van der Waals surface area contributed by atoms with Crippen molar-refractivity contribution in [3.05, 3.63) is 17.5 Å². The van der Waals surface area contributed by atoms with Crippen molar-refractivity contribution < 1.29 is 5.11 Å². The standard InChI is InChI=1S/C6H5NOS/c8-6-3-5-4(7-6)1-2-9-5/h1-3,7-8H. The molecule has 0 saturated heterocycles. The summed E-state index contributed by atoms with van der Waals surface area (Å²) in [6.45, 7) is 0. The van der Waals surface area contributed by atoms with Gasteiger partial charge in [0.1, 0.15) is 0 Å². The summed E-state index contributed by atoms with van der Waals surface area (Å²) in [6, 6.07) is 3.67. The second-order valence-electron chi connectivity index (χ2n) is 1.85. The average Bonchev–Trinajstić information content (AvgIpc) is 2.22. The van der Waals surface area contributed by atoms with Crippen molar-refractivity contribution in [2.75, 3.05) is 0 Å². The number of H-pyrrole nitrogens is 1. The van der Waals surface area contributed by atoms with E-state index >= 15 is 0 Å². The van der Waals surface area contributed by atoms with Gasteiger partial charge in [-0.15, -0.1) is 11.3 Å². The number of aromatic hydroxyl groups is 1. The molecule has 2 N–H and O–H groups in total. The van der Waals surface area contributed by atoms with E-state index in [0.717, 1.165) is 10.2 Å². The van der Waals surface area contributed by atoms with Crippen molar-refractivity contribution >= 4 is 21.6 Å². The summed E-state index contributed by atoms with van der Waals surface area (Å²) in [4.78, 5) is 2.80. The molecule has 0 radical (unpaired) electrons. The fourth-order valence-electron chi connectivity index (χ4n) is 0.834. The van der Waals surface area contributed by atoms with E-state index < -0.39 is 0 Å². The lowest BCUT2D eigenvalue weighted by atomic mass is 10.5. The molecule has 0 fully saturated rings. The van der Waals surface area contributed by atoms with Gasteiger partial charge in [-0.05, 0) is 11.4 Å². The number of hydrogen-bond donors (Lipinski definition) is 2. The van der Waals surface area contributed by atoms with Gasteiger partial charge in [0.25, 0.3) is 0 Å². The maximum Gasteiger partial charge on any atom is 0.190 e. The zero-order valence-corrected chi connectivity index (χ0v) is 5.40. The Morgan fingerprint density at radius 2 is 2.44 bits per heavy atom. The second-order valence-corrected chi connectivity index (χ2v) is 2.80. The number of hydrogen-bond acceptors (Lipinski definition) is 2. The minimum atomic E-state index is 0.247. The molecule has 0 aliphatic carbocycles. The van der Waals surface area contributed by atoms with Gasteiger partial charge in [0.2, 0.25) is 0 Å². The molecule has 0 atom stereocenters. The first kappa shape index (κ1) is 4.88. The second kappa shape index (κ2) is 1.51. The van der Waals surface area contributed by atoms with E-state index in [1.165, 1.54) is 0 Å². The smallest absolute Gasteiger partial charge is 0.190 e. The van der Waals surface area contributed by atoms with Gasteiger partial charge in [-0.1, -0.05) is 0 Å². The van der Waals surface area contributed by atoms with Crippen LogP contribution < -0.4 is 0 Å². The van der Waals surface area contributed by atoms with Crippen LogP contribution in [0.15, 0.2) is 17.5 Å². The van der Waals surface area contributed by atoms with Gasteiger partial charge in [-0.2, -0.15) is 0 Å². The molecule has 2 heterocycles. The van der Waals surface area contributed by atoms with Crippen molar-refractivity contribution in [1.29, 1.82) is 0 Å². The molecule has 0 bridgehead atoms. The summed E-state index contributed by atoms with van der Waals surface area (Å²) in [6.07, 6.45) is 0. The first-order chi connectivity index (χ1) is 4.36. The summed E-state index contributed by atoms with van der Waals surface area (Å²) >= 11 is 1.62. The Morgan fingerprint density at radius 3 is 3.22 bits per heavy atom. The monoisotopic (exact) mass is 139 g/mol. The molecule has 0 saturated carbocycles. The molecule has 0 aliphatic heterocycles. The molecular weight excluding hydrogens is 134 g/mol. The Bertz CT molecular complexity index is 294. The van der Waals surface area contributed by atoms with Crippen LogP contribution in [-0.2, 0) is 0 Å². The molecule has 2 aromatic rings. The molecule has 0 unspecified atom stereocenters. The van der Waals surface area contributed by atoms with Crippen molar-refractivity contribution in [3.8, 4) is 5.88 Å². The highest BCUT2D eigenvalue weighted by Gasteiger charge is 1.96. The fourth-order valence-corrected chi connectivity index (χ4v) is 1.61. The van der Waals surface area contributed by atoms with Gasteiger partial charge in [-0.25, -0.2) is 0 Å². The Kier molecular flexibility index (Phi) is 0.818. The lowest BCUT2D eigenvalue weighted by Gasteiger charge is -1.74. The van der Waals surface area contributed by atoms with E-state index in [2.05, 4.69) is 4.98 Å². The SMILES string of the molecule is Oc1cc2sccc2[nH]1. The van der Waals surface area contributed by atoms with Gasteiger partial charge < -0.3 is 10.1 Å². The Labute approximate surface area is 55.8 Å². The normalized spacial score (nSPS) is 10.7. The Morgan fingerprint density at radius 1 is 1.56 bits per heavy atom. The van der Waals surface area contributed by atoms with Crippen LogP contribution in [0.1, 0.15) is 0 Å². The topological polar surface area (TPSA) is 36.0 Å². The highest BCUT2D eigenvalue weighted by Crippen LogP contribution is 2.23. The minimum absolute atomic E-state index is 0.247. The number of aromatic nitrogens is 1. The number of fused-ring (bicyclic) bond motifs is 1. The van der Waals surface area contributed by atoms with Gasteiger partial charge in [0.05, 0.1) is 10.2 Å². The lowest BCUT2D eigenvalue weighted by molar-refractivity contribution is 0.458. The van der Waals surface area contributed by atoms with E-state index in [9.17, 15) is 0 Å². The molecule has 9 heavy (non-hydrogen) atoms. The van der Waals surface area contributed by atoms with Crippen LogP contribution in [0.5, 0.6) is 5.88 Å². The van der Waals surface area contributed by atoms with Crippen molar-refractivity contribution in [3.63, 3.8) is 0 Å². The summed E-state index contributed by atoms with van der Waals surface area (Å²) in [5, 5.41) is 10.9. The number of rotatable bonds is 0. The molecule has 0 amide bonds. The molecule has 0 spiro atoms. The van der Waals surface area contributed by atoms with E-state index in [-0.39, 0.29) is 5.88 Å². The van der Waals surface area contributed by atoms with Crippen molar-refractivity contribution in [1.82, 2.24) is 4.98 Å². The van der Waals surface area contributed by atoms with E-state index in [4.69, 9.17) is 5.11 Å². The summed E-state index contributed by atoms with van der Waals surface area (Å²) in [5.41, 5.74) is 1.01. The largest absolute Gasteiger partial charge is 0.495 e. The van der Waals surface area contributed by atoms with E-state index in [1.54, 1.807) is 17.4 Å². The summed E-state index contributed by atoms with van der Waals surface area (Å²) in [5.74, 6) is 0.247. The Balaban J connectivity index is 2.92. The van der Waals surface area contributed by atoms with Crippen molar-refractivity contribution in [2.24, 2.45) is 0 Å². The van der Waals surface area contributed by atoms with Gasteiger partial charge in [0.15, 0.2) is 5.88 Å². The first-order valence-corrected chi connectivity index (χ1v) is 3.49. The highest BCUT2D eigenvalue weighted by molar-refractivity contribution is 7.17. The average molecular weight is 139 g/mol. The molecule has 2 aromatic heterocycles. The maximum absolute atomic E-state index is 8.90. The van der Waals surface area contributed by atoms with Crippen LogP contribution >= 0.6 is 11.3 Å². The number of thiophene rings is 1. The molecule has 46 valence electrons. The zero-order chi connectivity index (χ0) is 6.27. The van der Waals surface area contributed by atoms with Crippen LogP contribution in [0, 0.1) is 0 Å². The Hall–Kier alpha value is -0.960. The van der Waals surface area contributed by atoms with Gasteiger partial charge in [-0.3, -0.25) is 0 Å². The van der Waals surface area contributed by atoms with Crippen LogP contribution in [0.3, 0.4) is 0 Å². The predicted molar refractivity (Wildman–Crippen MR) is 37.8 cm³/mol. The van der Waals surface area contributed by atoms with Crippen LogP contribution in [-0.4, -0.2) is 10.1 Å². The maximum atomic E-state index is 8.90. The van der Waals surface area contributed by atoms with Crippen molar-refractivity contribution in [2.45, 2.75) is 0 Å². The van der Waals surface area contributed by atoms with E-state index in [1.807, 2.05) is 11.4 Å². The molecule has 3 heteroatoms. The lowest BCUT2D eigenvalue weighted by Crippen LogP contribution is -1.56. The molecule has 0 aliphatic rings. The number of aromatic amines is 1. The van der Waals surface area contributed by atoms with E-state index in [0.29, 0.717) is 0 Å². The fraction of sp³-hybridized carbons (Fsp3) is 0. The highest BCUT2D eigenvalue weighted by atomic mass is 32.1. The molecule has 2 nitrogen and oxygen atoms in total.